The zero-order valence-corrected chi connectivity index (χ0v) is 10.6. The molecule has 0 saturated carbocycles. The molecule has 0 spiro atoms. The molecule has 6 heteroatoms. The van der Waals surface area contributed by atoms with Crippen LogP contribution in [0, 0.1) is 5.92 Å². The number of amides is 1. The molecule has 1 atom stereocenters. The molecule has 0 aliphatic carbocycles. The highest BCUT2D eigenvalue weighted by Gasteiger charge is 2.17. The Bertz CT molecular complexity index is 524. The predicted molar refractivity (Wildman–Crippen MR) is 68.4 cm³/mol. The van der Waals surface area contributed by atoms with Crippen molar-refractivity contribution in [1.82, 2.24) is 0 Å². The van der Waals surface area contributed by atoms with Gasteiger partial charge >= 0.3 is 11.9 Å². The van der Waals surface area contributed by atoms with E-state index in [1.807, 2.05) is 6.92 Å². The summed E-state index contributed by atoms with van der Waals surface area (Å²) in [6, 6.07) is 3.68. The molecular formula is C13H15NO5. The second kappa shape index (κ2) is 5.99. The lowest BCUT2D eigenvalue weighted by Gasteiger charge is -2.11. The van der Waals surface area contributed by atoms with Crippen LogP contribution < -0.4 is 5.32 Å². The second-order valence-corrected chi connectivity index (χ2v) is 4.17. The van der Waals surface area contributed by atoms with Crippen LogP contribution in [0.2, 0.25) is 0 Å². The Kier molecular flexibility index (Phi) is 4.63. The summed E-state index contributed by atoms with van der Waals surface area (Å²) >= 11 is 0. The van der Waals surface area contributed by atoms with Gasteiger partial charge in [-0.3, -0.25) is 4.79 Å². The fourth-order valence-electron chi connectivity index (χ4n) is 1.44. The highest BCUT2D eigenvalue weighted by Crippen LogP contribution is 2.17. The Balaban J connectivity index is 3.06. The van der Waals surface area contributed by atoms with E-state index in [2.05, 4.69) is 5.32 Å². The number of hydrogen-bond acceptors (Lipinski definition) is 3. The van der Waals surface area contributed by atoms with E-state index >= 15 is 0 Å². The number of nitrogens with one attached hydrogen (secondary N) is 1. The van der Waals surface area contributed by atoms with Gasteiger partial charge in [0.15, 0.2) is 0 Å². The Labute approximate surface area is 110 Å². The van der Waals surface area contributed by atoms with Crippen LogP contribution in [-0.2, 0) is 4.79 Å². The number of carboxylic acids is 2. The molecular weight excluding hydrogens is 250 g/mol. The molecule has 0 aliphatic rings. The van der Waals surface area contributed by atoms with Gasteiger partial charge in [-0.2, -0.15) is 0 Å². The Hall–Kier alpha value is -2.37. The van der Waals surface area contributed by atoms with Crippen LogP contribution in [0.15, 0.2) is 18.2 Å². The smallest absolute Gasteiger partial charge is 0.336 e. The highest BCUT2D eigenvalue weighted by atomic mass is 16.4. The number of rotatable bonds is 5. The zero-order chi connectivity index (χ0) is 14.6. The molecule has 0 heterocycles. The molecule has 0 fully saturated rings. The van der Waals surface area contributed by atoms with Gasteiger partial charge in [-0.15, -0.1) is 0 Å². The average Bonchev–Trinajstić information content (AvgIpc) is 2.37. The van der Waals surface area contributed by atoms with Crippen molar-refractivity contribution in [3.8, 4) is 0 Å². The van der Waals surface area contributed by atoms with E-state index in [4.69, 9.17) is 10.2 Å². The van der Waals surface area contributed by atoms with Crippen molar-refractivity contribution in [1.29, 1.82) is 0 Å². The van der Waals surface area contributed by atoms with E-state index in [9.17, 15) is 14.4 Å². The first kappa shape index (κ1) is 14.7. The van der Waals surface area contributed by atoms with Crippen molar-refractivity contribution in [3.05, 3.63) is 29.3 Å². The van der Waals surface area contributed by atoms with Crippen molar-refractivity contribution >= 4 is 23.5 Å². The highest BCUT2D eigenvalue weighted by molar-refractivity contribution is 6.03. The maximum absolute atomic E-state index is 11.7. The second-order valence-electron chi connectivity index (χ2n) is 4.17. The van der Waals surface area contributed by atoms with Crippen LogP contribution in [0.1, 0.15) is 41.0 Å². The predicted octanol–water partition coefficient (Wildman–Crippen LogP) is 2.07. The van der Waals surface area contributed by atoms with Crippen molar-refractivity contribution < 1.29 is 24.6 Å². The lowest BCUT2D eigenvalue weighted by Crippen LogP contribution is -2.20. The summed E-state index contributed by atoms with van der Waals surface area (Å²) < 4.78 is 0. The van der Waals surface area contributed by atoms with Crippen LogP contribution in [0.5, 0.6) is 0 Å². The van der Waals surface area contributed by atoms with E-state index in [-0.39, 0.29) is 28.6 Å². The SMILES string of the molecule is CCC(C)C(=O)Nc1ccc(C(=O)O)c(C(=O)O)c1. The molecule has 1 rings (SSSR count). The quantitative estimate of drug-likeness (QED) is 0.756. The van der Waals surface area contributed by atoms with Gasteiger partial charge in [-0.25, -0.2) is 9.59 Å². The standard InChI is InChI=1S/C13H15NO5/c1-3-7(2)11(15)14-8-4-5-9(12(16)17)10(6-8)13(18)19/h4-7H,3H2,1-2H3,(H,14,15)(H,16,17)(H,18,19). The first-order chi connectivity index (χ1) is 8.86. The van der Waals surface area contributed by atoms with E-state index in [1.165, 1.54) is 6.07 Å². The van der Waals surface area contributed by atoms with Gasteiger partial charge in [0.1, 0.15) is 0 Å². The van der Waals surface area contributed by atoms with E-state index in [0.29, 0.717) is 6.42 Å². The number of benzene rings is 1. The van der Waals surface area contributed by atoms with Gasteiger partial charge in [0.25, 0.3) is 0 Å². The molecule has 0 saturated heterocycles. The maximum Gasteiger partial charge on any atom is 0.336 e. The molecule has 0 aromatic heterocycles. The summed E-state index contributed by atoms with van der Waals surface area (Å²) in [6.07, 6.45) is 0.658. The van der Waals surface area contributed by atoms with Crippen LogP contribution in [0.4, 0.5) is 5.69 Å². The van der Waals surface area contributed by atoms with Gasteiger partial charge < -0.3 is 15.5 Å². The van der Waals surface area contributed by atoms with Crippen LogP contribution >= 0.6 is 0 Å². The van der Waals surface area contributed by atoms with Gasteiger partial charge in [-0.1, -0.05) is 13.8 Å². The van der Waals surface area contributed by atoms with Gasteiger partial charge in [0.2, 0.25) is 5.91 Å². The minimum Gasteiger partial charge on any atom is -0.478 e. The minimum atomic E-state index is -1.35. The first-order valence-electron chi connectivity index (χ1n) is 5.78. The Morgan fingerprint density at radius 2 is 1.74 bits per heavy atom. The number of aromatic carboxylic acids is 2. The third-order valence-electron chi connectivity index (χ3n) is 2.81. The molecule has 6 nitrogen and oxygen atoms in total. The van der Waals surface area contributed by atoms with Crippen molar-refractivity contribution in [2.24, 2.45) is 5.92 Å². The average molecular weight is 265 g/mol. The topological polar surface area (TPSA) is 104 Å². The maximum atomic E-state index is 11.7. The summed E-state index contributed by atoms with van der Waals surface area (Å²) in [5.41, 5.74) is -0.392. The van der Waals surface area contributed by atoms with Crippen LogP contribution in [0.3, 0.4) is 0 Å². The van der Waals surface area contributed by atoms with Crippen molar-refractivity contribution in [2.45, 2.75) is 20.3 Å². The fraction of sp³-hybridized carbons (Fsp3) is 0.308. The summed E-state index contributed by atoms with van der Waals surface area (Å²) in [4.78, 5) is 33.5. The molecule has 19 heavy (non-hydrogen) atoms. The van der Waals surface area contributed by atoms with Crippen LogP contribution in [-0.4, -0.2) is 28.1 Å². The first-order valence-corrected chi connectivity index (χ1v) is 5.78. The molecule has 0 aliphatic heterocycles. The van der Waals surface area contributed by atoms with E-state index < -0.39 is 11.9 Å². The number of anilines is 1. The number of carbonyl (C=O) groups is 3. The van der Waals surface area contributed by atoms with E-state index in [0.717, 1.165) is 12.1 Å². The third kappa shape index (κ3) is 3.54. The van der Waals surface area contributed by atoms with Gasteiger partial charge in [0, 0.05) is 11.6 Å². The monoisotopic (exact) mass is 265 g/mol. The molecule has 1 unspecified atom stereocenters. The molecule has 3 N–H and O–H groups in total. The molecule has 1 amide bonds. The minimum absolute atomic E-state index is 0.201. The lowest BCUT2D eigenvalue weighted by molar-refractivity contribution is -0.119. The van der Waals surface area contributed by atoms with Crippen LogP contribution in [0.25, 0.3) is 0 Å². The number of hydrogen-bond donors (Lipinski definition) is 3. The van der Waals surface area contributed by atoms with E-state index in [1.54, 1.807) is 6.92 Å². The number of carbonyl (C=O) groups excluding carboxylic acids is 1. The summed E-state index contributed by atoms with van der Waals surface area (Å²) in [6.45, 7) is 3.61. The fourth-order valence-corrected chi connectivity index (χ4v) is 1.44. The Morgan fingerprint density at radius 1 is 1.16 bits per heavy atom. The molecule has 0 radical (unpaired) electrons. The lowest BCUT2D eigenvalue weighted by atomic mass is 10.1. The molecule has 102 valence electrons. The number of carboxylic acid groups (broad SMARTS) is 2. The molecule has 0 bridgehead atoms. The summed E-state index contributed by atoms with van der Waals surface area (Å²) in [5.74, 6) is -3.11. The van der Waals surface area contributed by atoms with Crippen molar-refractivity contribution in [3.63, 3.8) is 0 Å². The normalized spacial score (nSPS) is 11.7. The summed E-state index contributed by atoms with van der Waals surface area (Å²) in [5, 5.41) is 20.4. The third-order valence-corrected chi connectivity index (χ3v) is 2.81. The van der Waals surface area contributed by atoms with Gasteiger partial charge in [-0.05, 0) is 24.6 Å². The zero-order valence-electron chi connectivity index (χ0n) is 10.6. The van der Waals surface area contributed by atoms with Crippen molar-refractivity contribution in [2.75, 3.05) is 5.32 Å². The summed E-state index contributed by atoms with van der Waals surface area (Å²) in [7, 11) is 0. The molecule has 1 aromatic rings. The Morgan fingerprint density at radius 3 is 2.21 bits per heavy atom. The largest absolute Gasteiger partial charge is 0.478 e. The van der Waals surface area contributed by atoms with Gasteiger partial charge in [0.05, 0.1) is 11.1 Å². The molecule has 1 aromatic carbocycles.